The molecule has 0 heterocycles. The Labute approximate surface area is 253 Å². The van der Waals surface area contributed by atoms with E-state index < -0.39 is 74.5 Å². The third-order valence-corrected chi connectivity index (χ3v) is 8.66. The second-order valence-electron chi connectivity index (χ2n) is 10.1. The molecule has 40 heavy (non-hydrogen) atoms. The highest BCUT2D eigenvalue weighted by atomic mass is 79.9. The van der Waals surface area contributed by atoms with E-state index in [1.54, 1.807) is 0 Å². The third-order valence-electron chi connectivity index (χ3n) is 7.57. The molecule has 0 bridgehead atoms. The van der Waals surface area contributed by atoms with Gasteiger partial charge in [0.1, 0.15) is 22.8 Å². The number of carbonyl (C=O) groups excluding carboxylic acids is 4. The van der Waals surface area contributed by atoms with Crippen molar-refractivity contribution < 1.29 is 39.6 Å². The van der Waals surface area contributed by atoms with Gasteiger partial charge in [0.2, 0.25) is 11.7 Å². The zero-order chi connectivity index (χ0) is 29.1. The van der Waals surface area contributed by atoms with Crippen LogP contribution in [0.15, 0.2) is 35.6 Å². The standard InChI is InChI=1S/C26H27BrClN3O8.BrH/c1-4-5-12(27)25(38)30-17-13(28)8-10-6-9-7-11-18(31(2)3)21(34)16(24(29)37)23(36)26(11,39)22(35)15(9)19(32)14(10)20(17)33;/h4,8-9,11-12,18,32-33,36,39H,1,5-7H2,2-3H3,(H2,29,37)(H,30,38);1H/t9?,11?,12?,18-,26-;/m0./s1. The number of aromatic hydroxyl groups is 1. The maximum atomic E-state index is 13.9. The molecule has 1 aromatic rings. The minimum atomic E-state index is -2.74. The molecule has 3 unspecified atom stereocenters. The van der Waals surface area contributed by atoms with Gasteiger partial charge in [-0.25, -0.2) is 0 Å². The number of primary amides is 1. The van der Waals surface area contributed by atoms with Crippen LogP contribution in [0.2, 0.25) is 5.02 Å². The molecule has 0 spiro atoms. The van der Waals surface area contributed by atoms with Crippen molar-refractivity contribution >= 4 is 79.3 Å². The predicted molar refractivity (Wildman–Crippen MR) is 156 cm³/mol. The largest absolute Gasteiger partial charge is 0.508 e. The Morgan fingerprint density at radius 3 is 2.50 bits per heavy atom. The van der Waals surface area contributed by atoms with Crippen LogP contribution in [0.3, 0.4) is 0 Å². The average molecular weight is 706 g/mol. The summed E-state index contributed by atoms with van der Waals surface area (Å²) in [5.74, 6) is -8.19. The highest BCUT2D eigenvalue weighted by Crippen LogP contribution is 2.54. The molecule has 3 aliphatic carbocycles. The molecule has 3 aliphatic rings. The Balaban J connectivity index is 0.00000441. The van der Waals surface area contributed by atoms with Crippen LogP contribution >= 0.6 is 44.5 Å². The normalized spacial score (nSPS) is 26.4. The lowest BCUT2D eigenvalue weighted by Gasteiger charge is -2.50. The molecule has 2 amide bonds. The van der Waals surface area contributed by atoms with E-state index in [0.717, 1.165) is 0 Å². The fourth-order valence-electron chi connectivity index (χ4n) is 5.84. The number of Topliss-reactive ketones (excluding diaryl/α,β-unsaturated/α-hetero) is 2. The van der Waals surface area contributed by atoms with E-state index >= 15 is 0 Å². The van der Waals surface area contributed by atoms with Crippen molar-refractivity contribution in [3.63, 3.8) is 0 Å². The maximum absolute atomic E-state index is 13.9. The summed E-state index contributed by atoms with van der Waals surface area (Å²) in [6.45, 7) is 3.57. The van der Waals surface area contributed by atoms with Crippen LogP contribution in [0.1, 0.15) is 24.0 Å². The van der Waals surface area contributed by atoms with Gasteiger partial charge in [-0.1, -0.05) is 33.6 Å². The number of anilines is 1. The second kappa shape index (κ2) is 11.3. The number of benzene rings is 1. The quantitative estimate of drug-likeness (QED) is 0.112. The molecule has 1 saturated carbocycles. The smallest absolute Gasteiger partial charge is 0.255 e. The maximum Gasteiger partial charge on any atom is 0.255 e. The van der Waals surface area contributed by atoms with Gasteiger partial charge < -0.3 is 31.5 Å². The van der Waals surface area contributed by atoms with Gasteiger partial charge in [-0.2, -0.15) is 0 Å². The summed E-state index contributed by atoms with van der Waals surface area (Å²) < 4.78 is 0. The van der Waals surface area contributed by atoms with Crippen molar-refractivity contribution in [3.8, 4) is 5.75 Å². The first-order valence-electron chi connectivity index (χ1n) is 11.9. The van der Waals surface area contributed by atoms with Crippen molar-refractivity contribution in [2.45, 2.75) is 35.7 Å². The minimum absolute atomic E-state index is 0. The Bertz CT molecular complexity index is 1410. The zero-order valence-corrected chi connectivity index (χ0v) is 25.5. The number of nitrogens with two attached hydrogens (primary N) is 1. The number of phenolic OH excluding ortho intramolecular Hbond substituents is 1. The molecule has 5 atom stereocenters. The van der Waals surface area contributed by atoms with Crippen LogP contribution in [-0.4, -0.2) is 79.3 Å². The Hall–Kier alpha value is -2.71. The number of aliphatic hydroxyl groups excluding tert-OH is 2. The SMILES string of the molecule is Br.C=CCC(Br)C(=O)Nc1c(Cl)cc2c(c1O)C(O)=C1C(=O)[C@]3(O)C(O)=C(C(N)=O)C(=O)[C@@H](N(C)C)C3CC1C2. The van der Waals surface area contributed by atoms with Crippen molar-refractivity contribution in [1.29, 1.82) is 0 Å². The van der Waals surface area contributed by atoms with E-state index in [1.165, 1.54) is 31.1 Å². The number of aliphatic hydroxyl groups is 3. The first kappa shape index (κ1) is 31.8. The lowest BCUT2D eigenvalue weighted by molar-refractivity contribution is -0.153. The molecule has 11 nitrogen and oxygen atoms in total. The highest BCUT2D eigenvalue weighted by Gasteiger charge is 2.64. The molecule has 7 N–H and O–H groups in total. The van der Waals surface area contributed by atoms with E-state index in [1.807, 2.05) is 0 Å². The number of fused-ring (bicyclic) bond motifs is 3. The molecule has 0 aliphatic heterocycles. The Morgan fingerprint density at radius 2 is 1.95 bits per heavy atom. The van der Waals surface area contributed by atoms with E-state index in [9.17, 15) is 39.6 Å². The summed E-state index contributed by atoms with van der Waals surface area (Å²) in [6.07, 6.45) is 1.83. The molecule has 0 saturated heterocycles. The van der Waals surface area contributed by atoms with Crippen LogP contribution in [0.4, 0.5) is 5.69 Å². The number of likely N-dealkylation sites (N-methyl/N-ethyl adjacent to an activating group) is 1. The van der Waals surface area contributed by atoms with E-state index in [4.69, 9.17) is 17.3 Å². The van der Waals surface area contributed by atoms with Crippen molar-refractivity contribution in [1.82, 2.24) is 4.90 Å². The van der Waals surface area contributed by atoms with Crippen LogP contribution < -0.4 is 11.1 Å². The zero-order valence-electron chi connectivity index (χ0n) is 21.4. The minimum Gasteiger partial charge on any atom is -0.508 e. The van der Waals surface area contributed by atoms with Gasteiger partial charge in [-0.15, -0.1) is 23.6 Å². The highest BCUT2D eigenvalue weighted by molar-refractivity contribution is 9.10. The van der Waals surface area contributed by atoms with Crippen LogP contribution in [-0.2, 0) is 25.6 Å². The number of alkyl halides is 1. The molecular weight excluding hydrogens is 678 g/mol. The summed E-state index contributed by atoms with van der Waals surface area (Å²) in [5.41, 5.74) is 1.37. The summed E-state index contributed by atoms with van der Waals surface area (Å²) in [4.78, 5) is 52.3. The molecule has 14 heteroatoms. The van der Waals surface area contributed by atoms with Gasteiger partial charge in [-0.3, -0.25) is 24.1 Å². The van der Waals surface area contributed by atoms with Crippen molar-refractivity contribution in [2.75, 3.05) is 19.4 Å². The number of nitrogens with one attached hydrogen (secondary N) is 1. The lowest BCUT2D eigenvalue weighted by Crippen LogP contribution is -2.65. The lowest BCUT2D eigenvalue weighted by atomic mass is 9.57. The van der Waals surface area contributed by atoms with E-state index in [-0.39, 0.29) is 58.1 Å². The van der Waals surface area contributed by atoms with E-state index in [0.29, 0.717) is 5.56 Å². The fraction of sp³-hybridized carbons (Fsp3) is 0.385. The number of allylic oxidation sites excluding steroid dienone is 1. The summed E-state index contributed by atoms with van der Waals surface area (Å²) in [7, 11) is 3.04. The van der Waals surface area contributed by atoms with Crippen molar-refractivity contribution in [3.05, 3.63) is 51.8 Å². The van der Waals surface area contributed by atoms with Crippen LogP contribution in [0, 0.1) is 11.8 Å². The number of phenols is 1. The number of halogens is 3. The van der Waals surface area contributed by atoms with Gasteiger partial charge in [0.15, 0.2) is 17.1 Å². The number of rotatable bonds is 6. The number of hydrogen-bond donors (Lipinski definition) is 6. The molecular formula is C26H28Br2ClN3O8. The molecule has 1 aromatic carbocycles. The molecule has 4 rings (SSSR count). The molecule has 0 aromatic heterocycles. The molecule has 1 fully saturated rings. The monoisotopic (exact) mass is 703 g/mol. The molecule has 216 valence electrons. The summed E-state index contributed by atoms with van der Waals surface area (Å²) in [5, 5.41) is 47.3. The Morgan fingerprint density at radius 1 is 1.32 bits per heavy atom. The van der Waals surface area contributed by atoms with Crippen LogP contribution in [0.25, 0.3) is 5.76 Å². The summed E-state index contributed by atoms with van der Waals surface area (Å²) in [6, 6.07) is 0.268. The second-order valence-corrected chi connectivity index (χ2v) is 11.6. The number of carbonyl (C=O) groups is 4. The van der Waals surface area contributed by atoms with Crippen molar-refractivity contribution in [2.24, 2.45) is 17.6 Å². The topological polar surface area (TPSA) is 190 Å². The number of nitrogens with zero attached hydrogens (tertiary/aromatic N) is 1. The number of ketones is 2. The first-order valence-corrected chi connectivity index (χ1v) is 13.2. The first-order chi connectivity index (χ1) is 18.2. The number of hydrogen-bond acceptors (Lipinski definition) is 9. The average Bonchev–Trinajstić information content (AvgIpc) is 2.83. The van der Waals surface area contributed by atoms with Gasteiger partial charge in [0.05, 0.1) is 21.5 Å². The predicted octanol–water partition coefficient (Wildman–Crippen LogP) is 2.47. The van der Waals surface area contributed by atoms with Gasteiger partial charge in [0.25, 0.3) is 5.91 Å². The fourth-order valence-corrected chi connectivity index (χ4v) is 6.49. The van der Waals surface area contributed by atoms with E-state index in [2.05, 4.69) is 27.8 Å². The number of amides is 2. The third kappa shape index (κ3) is 4.67. The van der Waals surface area contributed by atoms with Gasteiger partial charge in [0, 0.05) is 11.5 Å². The Kier molecular flexibility index (Phi) is 8.97. The van der Waals surface area contributed by atoms with Gasteiger partial charge >= 0.3 is 0 Å². The molecule has 0 radical (unpaired) electrons. The van der Waals surface area contributed by atoms with Crippen LogP contribution in [0.5, 0.6) is 5.75 Å². The summed E-state index contributed by atoms with van der Waals surface area (Å²) >= 11 is 9.58. The van der Waals surface area contributed by atoms with Gasteiger partial charge in [-0.05, 0) is 50.9 Å².